The van der Waals surface area contributed by atoms with E-state index < -0.39 is 8.07 Å². The molecule has 11 heteroatoms. The normalized spacial score (nSPS) is 17.1. The van der Waals surface area contributed by atoms with Crippen molar-refractivity contribution in [2.75, 3.05) is 46.6 Å². The molecule has 2 N–H and O–H groups in total. The molecule has 0 radical (unpaired) electrons. The van der Waals surface area contributed by atoms with Gasteiger partial charge in [-0.1, -0.05) is 32.1 Å². The van der Waals surface area contributed by atoms with Gasteiger partial charge < -0.3 is 20.4 Å². The number of rotatable bonds is 6. The lowest BCUT2D eigenvalue weighted by atomic mass is 10.1. The van der Waals surface area contributed by atoms with Crippen LogP contribution < -0.4 is 20.4 Å². The summed E-state index contributed by atoms with van der Waals surface area (Å²) in [5.74, 6) is 5.02. The number of hydrogen-bond acceptors (Lipinski definition) is 9. The van der Waals surface area contributed by atoms with E-state index in [0.717, 1.165) is 61.4 Å². The molecule has 3 aromatic rings. The maximum atomic E-state index is 11.9. The van der Waals surface area contributed by atoms with Crippen LogP contribution in [0.25, 0.3) is 10.8 Å². The molecule has 1 atom stereocenters. The molecule has 1 amide bonds. The smallest absolute Gasteiger partial charge is 0.247 e. The summed E-state index contributed by atoms with van der Waals surface area (Å²) in [6, 6.07) is 6.03. The van der Waals surface area contributed by atoms with Gasteiger partial charge in [0.25, 0.3) is 0 Å². The van der Waals surface area contributed by atoms with E-state index in [1.165, 1.54) is 6.08 Å². The van der Waals surface area contributed by atoms with Crippen LogP contribution in [-0.2, 0) is 4.79 Å². The first-order valence-corrected chi connectivity index (χ1v) is 16.0. The molecule has 190 valence electrons. The van der Waals surface area contributed by atoms with Crippen LogP contribution in [-0.4, -0.2) is 71.6 Å². The second-order valence-electron chi connectivity index (χ2n) is 10.4. The first kappa shape index (κ1) is 24.6. The summed E-state index contributed by atoms with van der Waals surface area (Å²) < 4.78 is 0. The largest absolute Gasteiger partial charge is 0.354 e. The number of amides is 1. The Hall–Kier alpha value is -4.04. The van der Waals surface area contributed by atoms with Crippen molar-refractivity contribution in [1.29, 1.82) is 0 Å². The maximum Gasteiger partial charge on any atom is 0.247 e. The Morgan fingerprint density at radius 1 is 1.08 bits per heavy atom. The Labute approximate surface area is 217 Å². The minimum atomic E-state index is -1.48. The predicted molar refractivity (Wildman–Crippen MR) is 149 cm³/mol. The standard InChI is InChI=1S/C26H31N9OSi/c1-5-23(36)28-18-7-8-21-22(15-18)25(34-11-6-12-34)32-31-24(21)35-13-9-20(17-35)29-26-27-16-19(30-33-26)10-14-37(2,3)4/h5,7-8,15-16,20H,1,6,9,11-13,17H2,2-4H3,(H,28,36)(H,27,29,33). The summed E-state index contributed by atoms with van der Waals surface area (Å²) in [6.45, 7) is 13.6. The molecule has 2 saturated heterocycles. The van der Waals surface area contributed by atoms with Gasteiger partial charge in [-0.2, -0.15) is 0 Å². The van der Waals surface area contributed by atoms with Crippen LogP contribution in [0.1, 0.15) is 18.5 Å². The van der Waals surface area contributed by atoms with E-state index in [4.69, 9.17) is 0 Å². The topological polar surface area (TPSA) is 112 Å². The number of hydrogen-bond donors (Lipinski definition) is 2. The summed E-state index contributed by atoms with van der Waals surface area (Å²) in [5, 5.41) is 25.9. The number of benzene rings is 1. The number of fused-ring (bicyclic) bond motifs is 1. The third kappa shape index (κ3) is 5.70. The lowest BCUT2D eigenvalue weighted by Crippen LogP contribution is -2.38. The van der Waals surface area contributed by atoms with Gasteiger partial charge in [0.15, 0.2) is 17.3 Å². The van der Waals surface area contributed by atoms with Gasteiger partial charge in [0.2, 0.25) is 11.9 Å². The van der Waals surface area contributed by atoms with Gasteiger partial charge >= 0.3 is 0 Å². The van der Waals surface area contributed by atoms with Crippen molar-refractivity contribution in [1.82, 2.24) is 25.4 Å². The van der Waals surface area contributed by atoms with E-state index in [0.29, 0.717) is 17.3 Å². The zero-order valence-corrected chi connectivity index (χ0v) is 22.5. The van der Waals surface area contributed by atoms with Crippen molar-refractivity contribution in [3.63, 3.8) is 0 Å². The van der Waals surface area contributed by atoms with Crippen LogP contribution >= 0.6 is 0 Å². The Morgan fingerprint density at radius 2 is 1.86 bits per heavy atom. The predicted octanol–water partition coefficient (Wildman–Crippen LogP) is 3.07. The highest BCUT2D eigenvalue weighted by atomic mass is 28.3. The number of carbonyl (C=O) groups is 1. The van der Waals surface area contributed by atoms with Gasteiger partial charge in [0, 0.05) is 48.7 Å². The second kappa shape index (κ2) is 10.1. The van der Waals surface area contributed by atoms with Gasteiger partial charge in [-0.3, -0.25) is 4.79 Å². The molecular weight excluding hydrogens is 482 g/mol. The summed E-state index contributed by atoms with van der Waals surface area (Å²) in [6.07, 6.45) is 4.98. The minimum absolute atomic E-state index is 0.152. The van der Waals surface area contributed by atoms with Gasteiger partial charge in [0.05, 0.1) is 6.20 Å². The maximum absolute atomic E-state index is 11.9. The molecule has 0 aliphatic carbocycles. The average Bonchev–Trinajstić information content (AvgIpc) is 3.30. The fraction of sp³-hybridized carbons (Fsp3) is 0.385. The van der Waals surface area contributed by atoms with Gasteiger partial charge in [-0.25, -0.2) is 4.98 Å². The highest BCUT2D eigenvalue weighted by molar-refractivity contribution is 6.83. The van der Waals surface area contributed by atoms with E-state index >= 15 is 0 Å². The van der Waals surface area contributed by atoms with Crippen molar-refractivity contribution in [2.24, 2.45) is 0 Å². The molecule has 1 unspecified atom stereocenters. The first-order valence-electron chi connectivity index (χ1n) is 12.5. The molecule has 2 aliphatic heterocycles. The molecule has 2 aliphatic rings. The van der Waals surface area contributed by atoms with Crippen LogP contribution in [0, 0.1) is 11.5 Å². The molecule has 5 rings (SSSR count). The first-order chi connectivity index (χ1) is 17.8. The third-order valence-corrected chi connectivity index (χ3v) is 7.17. The SMILES string of the molecule is C=CC(=O)Nc1ccc2c(N3CCC(Nc4ncc(C#C[Si](C)(C)C)nn4)C3)nnc(N3CCC3)c2c1. The van der Waals surface area contributed by atoms with Crippen LogP contribution in [0.4, 0.5) is 23.3 Å². The zero-order valence-electron chi connectivity index (χ0n) is 21.5. The van der Waals surface area contributed by atoms with E-state index in [1.807, 2.05) is 18.2 Å². The summed E-state index contributed by atoms with van der Waals surface area (Å²) >= 11 is 0. The number of nitrogens with one attached hydrogen (secondary N) is 2. The van der Waals surface area contributed by atoms with E-state index in [9.17, 15) is 4.79 Å². The number of nitrogens with zero attached hydrogens (tertiary/aromatic N) is 7. The molecular formula is C26H31N9OSi. The average molecular weight is 514 g/mol. The van der Waals surface area contributed by atoms with Gasteiger partial charge in [-0.15, -0.1) is 25.9 Å². The lowest BCUT2D eigenvalue weighted by molar-refractivity contribution is -0.111. The van der Waals surface area contributed by atoms with Gasteiger partial charge in [-0.05, 0) is 37.1 Å². The van der Waals surface area contributed by atoms with Crippen LogP contribution in [0.3, 0.4) is 0 Å². The highest BCUT2D eigenvalue weighted by Gasteiger charge is 2.28. The Bertz CT molecular complexity index is 1390. The van der Waals surface area contributed by atoms with Crippen molar-refractivity contribution in [3.8, 4) is 11.5 Å². The van der Waals surface area contributed by atoms with Crippen molar-refractivity contribution in [2.45, 2.75) is 38.5 Å². The van der Waals surface area contributed by atoms with Crippen LogP contribution in [0.2, 0.25) is 19.6 Å². The monoisotopic (exact) mass is 513 g/mol. The molecule has 1 aromatic carbocycles. The van der Waals surface area contributed by atoms with Gasteiger partial charge in [0.1, 0.15) is 8.07 Å². The molecule has 0 bridgehead atoms. The summed E-state index contributed by atoms with van der Waals surface area (Å²) in [4.78, 5) is 20.7. The van der Waals surface area contributed by atoms with E-state index in [1.54, 1.807) is 6.20 Å². The number of aromatic nitrogens is 5. The van der Waals surface area contributed by atoms with Crippen LogP contribution in [0.15, 0.2) is 37.1 Å². The van der Waals surface area contributed by atoms with Crippen LogP contribution in [0.5, 0.6) is 0 Å². The molecule has 2 fully saturated rings. The highest BCUT2D eigenvalue weighted by Crippen LogP contribution is 2.35. The molecule has 0 saturated carbocycles. The second-order valence-corrected chi connectivity index (χ2v) is 15.1. The number of carbonyl (C=O) groups excluding carboxylic acids is 1. The molecule has 0 spiro atoms. The minimum Gasteiger partial charge on any atom is -0.354 e. The molecule has 4 heterocycles. The molecule has 2 aromatic heterocycles. The third-order valence-electron chi connectivity index (χ3n) is 6.30. The van der Waals surface area contributed by atoms with E-state index in [2.05, 4.69) is 83.5 Å². The van der Waals surface area contributed by atoms with Crippen molar-refractivity contribution in [3.05, 3.63) is 42.7 Å². The summed E-state index contributed by atoms with van der Waals surface area (Å²) in [5.41, 5.74) is 4.58. The molecule has 37 heavy (non-hydrogen) atoms. The number of anilines is 4. The quantitative estimate of drug-likeness (QED) is 0.292. The van der Waals surface area contributed by atoms with Crippen molar-refractivity contribution >= 4 is 48.0 Å². The Kier molecular flexibility index (Phi) is 6.75. The zero-order chi connectivity index (χ0) is 26.0. The Morgan fingerprint density at radius 3 is 2.51 bits per heavy atom. The lowest BCUT2D eigenvalue weighted by Gasteiger charge is -2.33. The van der Waals surface area contributed by atoms with E-state index in [-0.39, 0.29) is 11.9 Å². The van der Waals surface area contributed by atoms with Crippen molar-refractivity contribution < 1.29 is 4.79 Å². The fourth-order valence-corrected chi connectivity index (χ4v) is 4.80. The Balaban J connectivity index is 1.33. The molecule has 10 nitrogen and oxygen atoms in total. The fourth-order valence-electron chi connectivity index (χ4n) is 4.30. The summed E-state index contributed by atoms with van der Waals surface area (Å²) in [7, 11) is -1.48.